The van der Waals surface area contributed by atoms with Gasteiger partial charge >= 0.3 is 6.18 Å². The van der Waals surface area contributed by atoms with Crippen LogP contribution in [0.1, 0.15) is 18.1 Å². The van der Waals surface area contributed by atoms with Crippen molar-refractivity contribution in [1.82, 2.24) is 24.2 Å². The van der Waals surface area contributed by atoms with Crippen molar-refractivity contribution in [1.29, 1.82) is 5.26 Å². The molecular formula is C20H15F3N6O2S2. The smallest absolute Gasteiger partial charge is 0.281 e. The van der Waals surface area contributed by atoms with Gasteiger partial charge in [0.2, 0.25) is 10.0 Å². The summed E-state index contributed by atoms with van der Waals surface area (Å²) in [4.78, 5) is 12.3. The van der Waals surface area contributed by atoms with E-state index in [9.17, 15) is 26.9 Å². The lowest BCUT2D eigenvalue weighted by molar-refractivity contribution is -0.147. The number of thiazole rings is 1. The molecule has 1 N–H and O–H groups in total. The molecular weight excluding hydrogens is 477 g/mol. The van der Waals surface area contributed by atoms with E-state index in [4.69, 9.17) is 0 Å². The molecule has 0 aliphatic carbocycles. The predicted molar refractivity (Wildman–Crippen MR) is 115 cm³/mol. The highest BCUT2D eigenvalue weighted by Gasteiger charge is 2.39. The summed E-state index contributed by atoms with van der Waals surface area (Å²) in [5.74, 6) is 0. The van der Waals surface area contributed by atoms with E-state index >= 15 is 0 Å². The first kappa shape index (κ1) is 22.8. The molecule has 0 amide bonds. The minimum Gasteiger partial charge on any atom is -0.281 e. The number of alkyl halides is 3. The van der Waals surface area contributed by atoms with Gasteiger partial charge in [-0.2, -0.15) is 23.2 Å². The summed E-state index contributed by atoms with van der Waals surface area (Å²) in [6.07, 6.45) is -0.531. The molecule has 0 aliphatic rings. The highest BCUT2D eigenvalue weighted by molar-refractivity contribution is 7.89. The molecule has 33 heavy (non-hydrogen) atoms. The molecule has 0 saturated heterocycles. The van der Waals surface area contributed by atoms with Crippen LogP contribution >= 0.6 is 11.3 Å². The number of hydrogen-bond donors (Lipinski definition) is 1. The monoisotopic (exact) mass is 492 g/mol. The first-order valence-corrected chi connectivity index (χ1v) is 11.7. The van der Waals surface area contributed by atoms with Crippen molar-refractivity contribution >= 4 is 32.4 Å². The molecule has 4 aromatic rings. The van der Waals surface area contributed by atoms with Crippen LogP contribution in [-0.2, 0) is 10.0 Å². The lowest BCUT2D eigenvalue weighted by Gasteiger charge is -2.17. The molecule has 4 rings (SSSR count). The van der Waals surface area contributed by atoms with E-state index < -0.39 is 27.1 Å². The third-order valence-electron chi connectivity index (χ3n) is 4.81. The molecule has 0 aromatic carbocycles. The lowest BCUT2D eigenvalue weighted by atomic mass is 10.1. The lowest BCUT2D eigenvalue weighted by Crippen LogP contribution is -2.42. The SMILES string of the molecule is Cc1cnc2c(c1)c(C#N)c(-c1ccc(S(=O)(=O)NC(C)C(F)(F)F)cn1)n2-c1cncs1. The number of rotatable bonds is 5. The summed E-state index contributed by atoms with van der Waals surface area (Å²) in [7, 11) is -4.47. The fourth-order valence-electron chi connectivity index (χ4n) is 3.21. The Kier molecular flexibility index (Phi) is 5.69. The van der Waals surface area contributed by atoms with E-state index in [1.807, 2.05) is 13.0 Å². The van der Waals surface area contributed by atoms with E-state index in [2.05, 4.69) is 21.0 Å². The first-order valence-electron chi connectivity index (χ1n) is 9.38. The van der Waals surface area contributed by atoms with Gasteiger partial charge in [0, 0.05) is 17.8 Å². The molecule has 0 fully saturated rings. The van der Waals surface area contributed by atoms with Gasteiger partial charge in [-0.15, -0.1) is 11.3 Å². The van der Waals surface area contributed by atoms with Crippen molar-refractivity contribution < 1.29 is 21.6 Å². The summed E-state index contributed by atoms with van der Waals surface area (Å²) in [5.41, 5.74) is 3.85. The molecule has 1 unspecified atom stereocenters. The quantitative estimate of drug-likeness (QED) is 0.451. The van der Waals surface area contributed by atoms with Crippen LogP contribution < -0.4 is 4.72 Å². The minimum atomic E-state index is -4.73. The molecule has 8 nitrogen and oxygen atoms in total. The third-order valence-corrected chi connectivity index (χ3v) is 7.09. The second kappa shape index (κ2) is 8.22. The van der Waals surface area contributed by atoms with Crippen LogP contribution in [0.15, 0.2) is 47.2 Å². The molecule has 0 aliphatic heterocycles. The molecule has 0 radical (unpaired) electrons. The first-order chi connectivity index (χ1) is 15.5. The number of pyridine rings is 2. The van der Waals surface area contributed by atoms with Crippen LogP contribution in [0.4, 0.5) is 13.2 Å². The number of aromatic nitrogens is 4. The van der Waals surface area contributed by atoms with E-state index in [0.29, 0.717) is 28.7 Å². The number of halogens is 3. The Balaban J connectivity index is 1.85. The number of fused-ring (bicyclic) bond motifs is 1. The molecule has 4 aromatic heterocycles. The average molecular weight is 493 g/mol. The number of nitrogens with one attached hydrogen (secondary N) is 1. The van der Waals surface area contributed by atoms with Crippen molar-refractivity contribution in [3.63, 3.8) is 0 Å². The maximum atomic E-state index is 12.8. The van der Waals surface area contributed by atoms with Crippen LogP contribution in [0, 0.1) is 18.3 Å². The normalized spacial score (nSPS) is 13.2. The standard InChI is InChI=1S/C20H15F3N6O2S2/c1-11-5-14-15(6-24)18(29(19(14)27-7-11)17-9-25-10-32-17)16-4-3-13(8-26-16)33(30,31)28-12(2)20(21,22)23/h3-5,7-10,12,28H,1-2H3. The average Bonchev–Trinajstić information content (AvgIpc) is 3.38. The van der Waals surface area contributed by atoms with Crippen LogP contribution in [-0.4, -0.2) is 40.2 Å². The zero-order valence-corrected chi connectivity index (χ0v) is 18.8. The van der Waals surface area contributed by atoms with E-state index in [1.165, 1.54) is 17.4 Å². The van der Waals surface area contributed by atoms with Gasteiger partial charge in [-0.1, -0.05) is 0 Å². The van der Waals surface area contributed by atoms with Crippen LogP contribution in [0.3, 0.4) is 0 Å². The topological polar surface area (TPSA) is 114 Å². The van der Waals surface area contributed by atoms with Crippen LogP contribution in [0.5, 0.6) is 0 Å². The summed E-state index contributed by atoms with van der Waals surface area (Å²) in [6, 6.07) is 4.18. The molecule has 170 valence electrons. The zero-order chi connectivity index (χ0) is 24.0. The van der Waals surface area contributed by atoms with E-state index in [0.717, 1.165) is 17.8 Å². The van der Waals surface area contributed by atoms with Crippen molar-refractivity contribution in [3.05, 3.63) is 53.4 Å². The van der Waals surface area contributed by atoms with Gasteiger partial charge in [-0.05, 0) is 37.6 Å². The van der Waals surface area contributed by atoms with Crippen LogP contribution in [0.2, 0.25) is 0 Å². The highest BCUT2D eigenvalue weighted by atomic mass is 32.2. The molecule has 0 bridgehead atoms. The second-order valence-electron chi connectivity index (χ2n) is 7.16. The van der Waals surface area contributed by atoms with E-state index in [-0.39, 0.29) is 11.3 Å². The Hall–Kier alpha value is -3.34. The fourth-order valence-corrected chi connectivity index (χ4v) is 5.01. The summed E-state index contributed by atoms with van der Waals surface area (Å²) < 4.78 is 66.4. The maximum absolute atomic E-state index is 12.8. The summed E-state index contributed by atoms with van der Waals surface area (Å²) in [5, 5.41) is 11.1. The number of nitrogens with zero attached hydrogens (tertiary/aromatic N) is 5. The minimum absolute atomic E-state index is 0.249. The third kappa shape index (κ3) is 4.20. The van der Waals surface area contributed by atoms with Gasteiger partial charge in [0.1, 0.15) is 27.7 Å². The fraction of sp³-hybridized carbons (Fsp3) is 0.200. The predicted octanol–water partition coefficient (Wildman–Crippen LogP) is 3.95. The Labute approximate surface area is 190 Å². The van der Waals surface area contributed by atoms with Crippen LogP contribution in [0.25, 0.3) is 27.4 Å². The van der Waals surface area contributed by atoms with Gasteiger partial charge < -0.3 is 0 Å². The molecule has 13 heteroatoms. The van der Waals surface area contributed by atoms with Crippen molar-refractivity contribution in [2.24, 2.45) is 0 Å². The highest BCUT2D eigenvalue weighted by Crippen LogP contribution is 2.36. The Morgan fingerprint density at radius 2 is 1.97 bits per heavy atom. The van der Waals surface area contributed by atoms with Crippen molar-refractivity contribution in [3.8, 4) is 22.5 Å². The Morgan fingerprint density at radius 1 is 1.21 bits per heavy atom. The largest absolute Gasteiger partial charge is 0.404 e. The number of hydrogen-bond acceptors (Lipinski definition) is 7. The molecule has 4 heterocycles. The maximum Gasteiger partial charge on any atom is 0.404 e. The Morgan fingerprint density at radius 3 is 2.55 bits per heavy atom. The van der Waals surface area contributed by atoms with E-state index in [1.54, 1.807) is 27.2 Å². The zero-order valence-electron chi connectivity index (χ0n) is 17.1. The number of aryl methyl sites for hydroxylation is 1. The molecule has 0 spiro atoms. The second-order valence-corrected chi connectivity index (χ2v) is 9.74. The van der Waals surface area contributed by atoms with Gasteiger partial charge in [-0.25, -0.2) is 13.4 Å². The summed E-state index contributed by atoms with van der Waals surface area (Å²) in [6.45, 7) is 2.55. The van der Waals surface area contributed by atoms with Crippen molar-refractivity contribution in [2.45, 2.75) is 31.0 Å². The summed E-state index contributed by atoms with van der Waals surface area (Å²) >= 11 is 1.31. The van der Waals surface area contributed by atoms with Gasteiger partial charge in [-0.3, -0.25) is 14.5 Å². The van der Waals surface area contributed by atoms with Gasteiger partial charge in [0.15, 0.2) is 0 Å². The van der Waals surface area contributed by atoms with Gasteiger partial charge in [0.05, 0.1) is 28.7 Å². The number of sulfonamides is 1. The Bertz CT molecular complexity index is 1470. The van der Waals surface area contributed by atoms with Gasteiger partial charge in [0.25, 0.3) is 0 Å². The number of nitriles is 1. The van der Waals surface area contributed by atoms with Crippen molar-refractivity contribution in [2.75, 3.05) is 0 Å². The molecule has 1 atom stereocenters. The molecule has 0 saturated carbocycles.